The number of phenols is 1. The summed E-state index contributed by atoms with van der Waals surface area (Å²) in [7, 11) is 1.57. The molecule has 0 aromatic heterocycles. The molecule has 108 valence electrons. The minimum absolute atomic E-state index is 0.119. The number of hydrogen-bond acceptors (Lipinski definition) is 3. The molecule has 1 aromatic carbocycles. The summed E-state index contributed by atoms with van der Waals surface area (Å²) in [6.07, 6.45) is 3.00. The molecule has 0 saturated carbocycles. The van der Waals surface area contributed by atoms with E-state index in [0.717, 1.165) is 19.3 Å². The van der Waals surface area contributed by atoms with Gasteiger partial charge in [0.15, 0.2) is 0 Å². The van der Waals surface area contributed by atoms with Crippen molar-refractivity contribution < 1.29 is 14.7 Å². The van der Waals surface area contributed by atoms with E-state index in [0.29, 0.717) is 12.2 Å². The van der Waals surface area contributed by atoms with Crippen LogP contribution < -0.4 is 4.90 Å². The highest BCUT2D eigenvalue weighted by Crippen LogP contribution is 2.20. The van der Waals surface area contributed by atoms with Crippen molar-refractivity contribution in [2.45, 2.75) is 32.2 Å². The monoisotopic (exact) mass is 276 g/mol. The molecule has 0 radical (unpaired) electrons. The third-order valence-electron chi connectivity index (χ3n) is 3.79. The van der Waals surface area contributed by atoms with E-state index in [-0.39, 0.29) is 11.8 Å². The van der Waals surface area contributed by atoms with Crippen LogP contribution >= 0.6 is 0 Å². The first-order valence-corrected chi connectivity index (χ1v) is 6.88. The fourth-order valence-electron chi connectivity index (χ4n) is 2.46. The van der Waals surface area contributed by atoms with E-state index in [1.54, 1.807) is 24.1 Å². The number of anilines is 1. The second kappa shape index (κ2) is 5.94. The number of nitrogens with zero attached hydrogens (tertiary/aromatic N) is 2. The van der Waals surface area contributed by atoms with Crippen LogP contribution in [0.1, 0.15) is 26.2 Å². The predicted molar refractivity (Wildman–Crippen MR) is 76.5 cm³/mol. The van der Waals surface area contributed by atoms with Gasteiger partial charge in [-0.3, -0.25) is 9.59 Å². The Morgan fingerprint density at radius 3 is 2.50 bits per heavy atom. The molecule has 1 aliphatic heterocycles. The number of carbonyl (C=O) groups is 2. The number of amides is 2. The molecule has 0 bridgehead atoms. The zero-order chi connectivity index (χ0) is 14.7. The standard InChI is InChI=1S/C15H20N2O3/c1-11-5-3-4-10-17(11)15(20)14(19)16(2)12-6-8-13(18)9-7-12/h6-9,11,18H,3-5,10H2,1-2H3. The van der Waals surface area contributed by atoms with Gasteiger partial charge >= 0.3 is 11.8 Å². The number of likely N-dealkylation sites (tertiary alicyclic amines) is 1. The van der Waals surface area contributed by atoms with Crippen LogP contribution in [0.5, 0.6) is 5.75 Å². The average Bonchev–Trinajstić information content (AvgIpc) is 2.46. The molecule has 1 aromatic rings. The molecular weight excluding hydrogens is 256 g/mol. The number of rotatable bonds is 1. The van der Waals surface area contributed by atoms with Gasteiger partial charge in [-0.25, -0.2) is 0 Å². The van der Waals surface area contributed by atoms with Crippen molar-refractivity contribution in [2.75, 3.05) is 18.5 Å². The summed E-state index contributed by atoms with van der Waals surface area (Å²) in [5, 5.41) is 9.25. The summed E-state index contributed by atoms with van der Waals surface area (Å²) in [5.74, 6) is -0.859. The Kier molecular flexibility index (Phi) is 4.27. The van der Waals surface area contributed by atoms with Crippen molar-refractivity contribution in [1.29, 1.82) is 0 Å². The molecule has 1 aliphatic rings. The summed E-state index contributed by atoms with van der Waals surface area (Å²) in [4.78, 5) is 27.5. The van der Waals surface area contributed by atoms with Crippen molar-refractivity contribution in [1.82, 2.24) is 4.90 Å². The van der Waals surface area contributed by atoms with Crippen LogP contribution in [0, 0.1) is 0 Å². The molecule has 20 heavy (non-hydrogen) atoms. The minimum atomic E-state index is -0.538. The van der Waals surface area contributed by atoms with Gasteiger partial charge in [-0.05, 0) is 50.5 Å². The highest BCUT2D eigenvalue weighted by Gasteiger charge is 2.30. The Morgan fingerprint density at radius 1 is 1.25 bits per heavy atom. The zero-order valence-electron chi connectivity index (χ0n) is 11.9. The molecule has 1 N–H and O–H groups in total. The van der Waals surface area contributed by atoms with E-state index < -0.39 is 11.8 Å². The van der Waals surface area contributed by atoms with Gasteiger partial charge in [-0.1, -0.05) is 0 Å². The Labute approximate surface area is 118 Å². The lowest BCUT2D eigenvalue weighted by Gasteiger charge is -2.33. The predicted octanol–water partition coefficient (Wildman–Crippen LogP) is 1.76. The molecule has 1 unspecified atom stereocenters. The summed E-state index contributed by atoms with van der Waals surface area (Å²) in [6, 6.07) is 6.33. The van der Waals surface area contributed by atoms with Crippen LogP contribution in [0.3, 0.4) is 0 Å². The van der Waals surface area contributed by atoms with Gasteiger partial charge in [0.25, 0.3) is 0 Å². The smallest absolute Gasteiger partial charge is 0.316 e. The van der Waals surface area contributed by atoms with Crippen molar-refractivity contribution in [3.63, 3.8) is 0 Å². The Hall–Kier alpha value is -2.04. The van der Waals surface area contributed by atoms with Crippen molar-refractivity contribution in [3.05, 3.63) is 24.3 Å². The van der Waals surface area contributed by atoms with Crippen LogP contribution in [0.2, 0.25) is 0 Å². The molecule has 5 heteroatoms. The number of likely N-dealkylation sites (N-methyl/N-ethyl adjacent to an activating group) is 1. The Balaban J connectivity index is 2.09. The minimum Gasteiger partial charge on any atom is -0.508 e. The molecular formula is C15H20N2O3. The first kappa shape index (κ1) is 14.4. The number of carbonyl (C=O) groups excluding carboxylic acids is 2. The molecule has 2 rings (SSSR count). The van der Waals surface area contributed by atoms with Crippen LogP contribution in [0.15, 0.2) is 24.3 Å². The average molecular weight is 276 g/mol. The van der Waals surface area contributed by atoms with Crippen LogP contribution in [-0.2, 0) is 9.59 Å². The molecule has 0 aliphatic carbocycles. The maximum Gasteiger partial charge on any atom is 0.316 e. The van der Waals surface area contributed by atoms with Gasteiger partial charge in [-0.15, -0.1) is 0 Å². The number of piperidine rings is 1. The second-order valence-electron chi connectivity index (χ2n) is 5.22. The van der Waals surface area contributed by atoms with Crippen molar-refractivity contribution in [3.8, 4) is 5.75 Å². The number of aromatic hydroxyl groups is 1. The summed E-state index contributed by atoms with van der Waals surface area (Å²) >= 11 is 0. The van der Waals surface area contributed by atoms with E-state index in [4.69, 9.17) is 0 Å². The molecule has 5 nitrogen and oxygen atoms in total. The van der Waals surface area contributed by atoms with Crippen LogP contribution in [-0.4, -0.2) is 41.5 Å². The molecule has 0 spiro atoms. The summed E-state index contributed by atoms with van der Waals surface area (Å²) in [5.41, 5.74) is 0.589. The first-order valence-electron chi connectivity index (χ1n) is 6.88. The molecule has 1 atom stereocenters. The van der Waals surface area contributed by atoms with Gasteiger partial charge in [-0.2, -0.15) is 0 Å². The fraction of sp³-hybridized carbons (Fsp3) is 0.467. The fourth-order valence-corrected chi connectivity index (χ4v) is 2.46. The highest BCUT2D eigenvalue weighted by atomic mass is 16.3. The molecule has 1 saturated heterocycles. The first-order chi connectivity index (χ1) is 9.50. The van der Waals surface area contributed by atoms with Crippen molar-refractivity contribution >= 4 is 17.5 Å². The van der Waals surface area contributed by atoms with E-state index >= 15 is 0 Å². The normalized spacial score (nSPS) is 18.7. The maximum atomic E-state index is 12.3. The second-order valence-corrected chi connectivity index (χ2v) is 5.22. The van der Waals surface area contributed by atoms with Gasteiger partial charge in [0.05, 0.1) is 0 Å². The Bertz CT molecular complexity index is 498. The lowest BCUT2D eigenvalue weighted by Crippen LogP contribution is -2.49. The van der Waals surface area contributed by atoms with Crippen LogP contribution in [0.25, 0.3) is 0 Å². The summed E-state index contributed by atoms with van der Waals surface area (Å²) < 4.78 is 0. The van der Waals surface area contributed by atoms with E-state index in [1.807, 2.05) is 6.92 Å². The Morgan fingerprint density at radius 2 is 1.90 bits per heavy atom. The van der Waals surface area contributed by atoms with Gasteiger partial charge < -0.3 is 14.9 Å². The SMILES string of the molecule is CC1CCCCN1C(=O)C(=O)N(C)c1ccc(O)cc1. The lowest BCUT2D eigenvalue weighted by molar-refractivity contribution is -0.146. The molecule has 2 amide bonds. The topological polar surface area (TPSA) is 60.9 Å². The third-order valence-corrected chi connectivity index (χ3v) is 3.79. The van der Waals surface area contributed by atoms with Crippen LogP contribution in [0.4, 0.5) is 5.69 Å². The van der Waals surface area contributed by atoms with Gasteiger partial charge in [0, 0.05) is 25.3 Å². The molecule has 1 fully saturated rings. The van der Waals surface area contributed by atoms with E-state index in [1.165, 1.54) is 17.0 Å². The molecule has 1 heterocycles. The summed E-state index contributed by atoms with van der Waals surface area (Å²) in [6.45, 7) is 2.63. The third kappa shape index (κ3) is 2.92. The maximum absolute atomic E-state index is 12.3. The quantitative estimate of drug-likeness (QED) is 0.795. The number of hydrogen-bond donors (Lipinski definition) is 1. The highest BCUT2D eigenvalue weighted by molar-refractivity contribution is 6.40. The number of benzene rings is 1. The zero-order valence-corrected chi connectivity index (χ0v) is 11.9. The van der Waals surface area contributed by atoms with E-state index in [2.05, 4.69) is 0 Å². The lowest BCUT2D eigenvalue weighted by atomic mass is 10.0. The van der Waals surface area contributed by atoms with Crippen molar-refractivity contribution in [2.24, 2.45) is 0 Å². The van der Waals surface area contributed by atoms with Gasteiger partial charge in [0.2, 0.25) is 0 Å². The van der Waals surface area contributed by atoms with E-state index in [9.17, 15) is 14.7 Å². The van der Waals surface area contributed by atoms with Gasteiger partial charge in [0.1, 0.15) is 5.75 Å². The largest absolute Gasteiger partial charge is 0.508 e. The number of phenolic OH excluding ortho intramolecular Hbond substituents is 1.